The van der Waals surface area contributed by atoms with E-state index in [4.69, 9.17) is 0 Å². The van der Waals surface area contributed by atoms with Crippen molar-refractivity contribution in [2.45, 2.75) is 58.5 Å². The molecule has 0 saturated heterocycles. The average Bonchev–Trinajstić information content (AvgIpc) is 2.86. The molecule has 2 aromatic carbocycles. The van der Waals surface area contributed by atoms with Crippen LogP contribution in [0, 0.1) is 0 Å². The summed E-state index contributed by atoms with van der Waals surface area (Å²) in [5.74, 6) is -0.0589. The molecule has 1 aliphatic rings. The topological polar surface area (TPSA) is 49.4 Å². The summed E-state index contributed by atoms with van der Waals surface area (Å²) in [4.78, 5) is 27.4. The molecule has 2 aromatic rings. The number of benzene rings is 2. The molecule has 1 aliphatic heterocycles. The molecule has 0 aliphatic carbocycles. The van der Waals surface area contributed by atoms with Gasteiger partial charge in [0.05, 0.1) is 0 Å². The third-order valence-corrected chi connectivity index (χ3v) is 5.26. The van der Waals surface area contributed by atoms with Crippen LogP contribution in [0.2, 0.25) is 0 Å². The Hall–Kier alpha value is -2.62. The largest absolute Gasteiger partial charge is 0.350 e. The van der Waals surface area contributed by atoms with Crippen LogP contribution in [0.3, 0.4) is 0 Å². The number of rotatable bonds is 6. The van der Waals surface area contributed by atoms with E-state index >= 15 is 0 Å². The Morgan fingerprint density at radius 2 is 1.74 bits per heavy atom. The van der Waals surface area contributed by atoms with Gasteiger partial charge in [0.15, 0.2) is 0 Å². The van der Waals surface area contributed by atoms with Gasteiger partial charge in [0, 0.05) is 18.7 Å². The van der Waals surface area contributed by atoms with Crippen molar-refractivity contribution in [3.8, 4) is 0 Å². The van der Waals surface area contributed by atoms with Gasteiger partial charge in [-0.1, -0.05) is 56.3 Å². The smallest absolute Gasteiger partial charge is 0.243 e. The Morgan fingerprint density at radius 3 is 2.44 bits per heavy atom. The maximum Gasteiger partial charge on any atom is 0.243 e. The van der Waals surface area contributed by atoms with Gasteiger partial charge in [0.25, 0.3) is 0 Å². The first-order valence-corrected chi connectivity index (χ1v) is 9.89. The highest BCUT2D eigenvalue weighted by molar-refractivity contribution is 6.01. The molecule has 1 N–H and O–H groups in total. The lowest BCUT2D eigenvalue weighted by atomic mass is 10.1. The first-order valence-electron chi connectivity index (χ1n) is 9.89. The third kappa shape index (κ3) is 4.38. The van der Waals surface area contributed by atoms with Crippen molar-refractivity contribution in [2.75, 3.05) is 4.90 Å². The molecular formula is C23H28N2O2. The van der Waals surface area contributed by atoms with Crippen LogP contribution in [0.25, 0.3) is 0 Å². The second-order valence-electron chi connectivity index (χ2n) is 7.06. The number of aryl methyl sites for hydroxylation is 2. The molecule has 0 fully saturated rings. The van der Waals surface area contributed by atoms with E-state index in [9.17, 15) is 9.59 Å². The van der Waals surface area contributed by atoms with Crippen molar-refractivity contribution in [1.29, 1.82) is 0 Å². The summed E-state index contributed by atoms with van der Waals surface area (Å²) in [6, 6.07) is 15.7. The van der Waals surface area contributed by atoms with Crippen molar-refractivity contribution in [1.82, 2.24) is 5.32 Å². The highest BCUT2D eigenvalue weighted by atomic mass is 16.2. The normalized spacial score (nSPS) is 15.0. The molecule has 0 radical (unpaired) electrons. The van der Waals surface area contributed by atoms with E-state index in [1.54, 1.807) is 4.90 Å². The van der Waals surface area contributed by atoms with E-state index in [1.165, 1.54) is 5.56 Å². The van der Waals surface area contributed by atoms with Crippen LogP contribution < -0.4 is 10.2 Å². The summed E-state index contributed by atoms with van der Waals surface area (Å²) < 4.78 is 0. The number of hydrogen-bond donors (Lipinski definition) is 1. The highest BCUT2D eigenvalue weighted by Crippen LogP contribution is 2.29. The number of para-hydroxylation sites is 1. The van der Waals surface area contributed by atoms with Crippen LogP contribution in [-0.4, -0.2) is 17.9 Å². The van der Waals surface area contributed by atoms with Crippen LogP contribution in [0.4, 0.5) is 5.69 Å². The molecule has 142 valence electrons. The average molecular weight is 364 g/mol. The summed E-state index contributed by atoms with van der Waals surface area (Å²) in [5.41, 5.74) is 4.38. The molecule has 4 nitrogen and oxygen atoms in total. The first kappa shape index (κ1) is 19.2. The maximum atomic E-state index is 12.9. The third-order valence-electron chi connectivity index (χ3n) is 5.26. The molecular weight excluding hydrogens is 336 g/mol. The van der Waals surface area contributed by atoms with Gasteiger partial charge in [-0.2, -0.15) is 0 Å². The molecule has 2 amide bonds. The summed E-state index contributed by atoms with van der Waals surface area (Å²) in [7, 11) is 0. The van der Waals surface area contributed by atoms with E-state index in [1.807, 2.05) is 37.3 Å². The second kappa shape index (κ2) is 8.85. The predicted molar refractivity (Wildman–Crippen MR) is 109 cm³/mol. The first-order chi connectivity index (χ1) is 13.1. The quantitative estimate of drug-likeness (QED) is 0.842. The molecule has 1 atom stereocenters. The monoisotopic (exact) mass is 364 g/mol. The van der Waals surface area contributed by atoms with Gasteiger partial charge < -0.3 is 5.32 Å². The van der Waals surface area contributed by atoms with Crippen molar-refractivity contribution in [2.24, 2.45) is 0 Å². The van der Waals surface area contributed by atoms with E-state index in [-0.39, 0.29) is 11.8 Å². The minimum atomic E-state index is -0.480. The Labute approximate surface area is 161 Å². The summed E-state index contributed by atoms with van der Waals surface area (Å²) in [6.45, 7) is 4.56. The van der Waals surface area contributed by atoms with Crippen LogP contribution in [0.1, 0.15) is 49.8 Å². The predicted octanol–water partition coefficient (Wildman–Crippen LogP) is 4.01. The second-order valence-corrected chi connectivity index (χ2v) is 7.06. The number of fused-ring (bicyclic) bond motifs is 1. The molecule has 0 unspecified atom stereocenters. The lowest BCUT2D eigenvalue weighted by Gasteiger charge is -2.30. The van der Waals surface area contributed by atoms with Gasteiger partial charge in [0.1, 0.15) is 6.04 Å². The molecule has 0 bridgehead atoms. The SMILES string of the molecule is CCc1ccc(CNC(=O)[C@@H](CC)N2C(=O)CCCc3ccccc32)cc1. The van der Waals surface area contributed by atoms with Crippen molar-refractivity contribution in [3.63, 3.8) is 0 Å². The lowest BCUT2D eigenvalue weighted by Crippen LogP contribution is -2.49. The Balaban J connectivity index is 1.76. The minimum absolute atomic E-state index is 0.0363. The minimum Gasteiger partial charge on any atom is -0.350 e. The number of nitrogens with zero attached hydrogens (tertiary/aromatic N) is 1. The zero-order valence-corrected chi connectivity index (χ0v) is 16.2. The van der Waals surface area contributed by atoms with Crippen molar-refractivity contribution >= 4 is 17.5 Å². The number of carbonyl (C=O) groups is 2. The molecule has 27 heavy (non-hydrogen) atoms. The van der Waals surface area contributed by atoms with Gasteiger partial charge in [-0.25, -0.2) is 0 Å². The van der Waals surface area contributed by atoms with Gasteiger partial charge in [0.2, 0.25) is 11.8 Å². The number of hydrogen-bond acceptors (Lipinski definition) is 2. The maximum absolute atomic E-state index is 12.9. The zero-order valence-electron chi connectivity index (χ0n) is 16.2. The van der Waals surface area contributed by atoms with Crippen LogP contribution in [0.5, 0.6) is 0 Å². The molecule has 0 aromatic heterocycles. The summed E-state index contributed by atoms with van der Waals surface area (Å²) in [5, 5.41) is 3.02. The van der Waals surface area contributed by atoms with Crippen molar-refractivity contribution in [3.05, 3.63) is 65.2 Å². The fourth-order valence-corrected chi connectivity index (χ4v) is 3.67. The van der Waals surface area contributed by atoms with E-state index in [0.717, 1.165) is 36.1 Å². The molecule has 3 rings (SSSR count). The van der Waals surface area contributed by atoms with Gasteiger partial charge in [-0.3, -0.25) is 14.5 Å². The van der Waals surface area contributed by atoms with Gasteiger partial charge >= 0.3 is 0 Å². The standard InChI is InChI=1S/C23H28N2O2/c1-3-17-12-14-18(15-13-17)16-24-23(27)20(4-2)25-21-10-6-5-8-19(21)9-7-11-22(25)26/h5-6,8,10,12-15,20H,3-4,7,9,11,16H2,1-2H3,(H,24,27)/t20-/m1/s1. The van der Waals surface area contributed by atoms with E-state index < -0.39 is 6.04 Å². The van der Waals surface area contributed by atoms with Crippen LogP contribution >= 0.6 is 0 Å². The molecule has 0 spiro atoms. The fraction of sp³-hybridized carbons (Fsp3) is 0.391. The molecule has 1 heterocycles. The van der Waals surface area contributed by atoms with E-state index in [0.29, 0.717) is 19.4 Å². The number of carbonyl (C=O) groups excluding carboxylic acids is 2. The number of nitrogens with one attached hydrogen (secondary N) is 1. The summed E-state index contributed by atoms with van der Waals surface area (Å²) >= 11 is 0. The fourth-order valence-electron chi connectivity index (χ4n) is 3.67. The van der Waals surface area contributed by atoms with E-state index in [2.05, 4.69) is 30.4 Å². The Kier molecular flexibility index (Phi) is 6.28. The van der Waals surface area contributed by atoms with Gasteiger partial charge in [-0.15, -0.1) is 0 Å². The Bertz CT molecular complexity index is 798. The molecule has 0 saturated carbocycles. The lowest BCUT2D eigenvalue weighted by molar-refractivity contribution is -0.126. The van der Waals surface area contributed by atoms with Gasteiger partial charge in [-0.05, 0) is 48.4 Å². The Morgan fingerprint density at radius 1 is 1.04 bits per heavy atom. The highest BCUT2D eigenvalue weighted by Gasteiger charge is 2.32. The van der Waals surface area contributed by atoms with Crippen LogP contribution in [0.15, 0.2) is 48.5 Å². The van der Waals surface area contributed by atoms with Crippen LogP contribution in [-0.2, 0) is 29.0 Å². The number of amides is 2. The summed E-state index contributed by atoms with van der Waals surface area (Å²) in [6.07, 6.45) is 3.77. The number of anilines is 1. The van der Waals surface area contributed by atoms with Crippen molar-refractivity contribution < 1.29 is 9.59 Å². The zero-order chi connectivity index (χ0) is 19.2. The molecule has 4 heteroatoms.